The number of amides is 3. The first-order valence-electron chi connectivity index (χ1n) is 8.83. The summed E-state index contributed by atoms with van der Waals surface area (Å²) in [7, 11) is 0. The molecule has 3 amide bonds. The van der Waals surface area contributed by atoms with Crippen molar-refractivity contribution in [3.63, 3.8) is 0 Å². The first kappa shape index (κ1) is 18.5. The maximum atomic E-state index is 13.0. The third-order valence-corrected chi connectivity index (χ3v) is 4.44. The zero-order chi connectivity index (χ0) is 20.4. The zero-order valence-electron chi connectivity index (χ0n) is 15.1. The highest BCUT2D eigenvalue weighted by molar-refractivity contribution is 6.21. The highest BCUT2D eigenvalue weighted by Gasteiger charge is 2.34. The summed E-state index contributed by atoms with van der Waals surface area (Å²) in [5.41, 5.74) is 1.25. The van der Waals surface area contributed by atoms with Gasteiger partial charge in [0.1, 0.15) is 5.82 Å². The number of imide groups is 1. The summed E-state index contributed by atoms with van der Waals surface area (Å²) < 4.78 is 18.4. The average Bonchev–Trinajstić information content (AvgIpc) is 3.30. The molecule has 8 nitrogen and oxygen atoms in total. The highest BCUT2D eigenvalue weighted by Crippen LogP contribution is 2.22. The molecule has 1 aliphatic heterocycles. The number of nitrogens with one attached hydrogen (secondary N) is 1. The molecule has 1 N–H and O–H groups in total. The van der Waals surface area contributed by atoms with Gasteiger partial charge in [-0.2, -0.15) is 0 Å². The number of rotatable bonds is 6. The predicted molar refractivity (Wildman–Crippen MR) is 98.0 cm³/mol. The van der Waals surface area contributed by atoms with Gasteiger partial charge in [-0.15, -0.1) is 10.2 Å². The van der Waals surface area contributed by atoms with E-state index in [1.165, 1.54) is 24.3 Å². The van der Waals surface area contributed by atoms with Gasteiger partial charge in [0, 0.05) is 18.5 Å². The molecule has 2 heterocycles. The Morgan fingerprint density at radius 2 is 1.66 bits per heavy atom. The van der Waals surface area contributed by atoms with E-state index in [9.17, 15) is 18.8 Å². The Labute approximate surface area is 164 Å². The number of hydrogen-bond donors (Lipinski definition) is 1. The van der Waals surface area contributed by atoms with Crippen molar-refractivity contribution < 1.29 is 23.2 Å². The molecule has 0 saturated heterocycles. The summed E-state index contributed by atoms with van der Waals surface area (Å²) in [6.07, 6.45) is -0.0512. The molecule has 146 valence electrons. The Hall–Kier alpha value is -3.88. The van der Waals surface area contributed by atoms with Crippen LogP contribution >= 0.6 is 0 Å². The summed E-state index contributed by atoms with van der Waals surface area (Å²) in [6.45, 7) is -0.0298. The van der Waals surface area contributed by atoms with E-state index in [1.54, 1.807) is 24.3 Å². The minimum absolute atomic E-state index is 0.00482. The van der Waals surface area contributed by atoms with E-state index >= 15 is 0 Å². The van der Waals surface area contributed by atoms with Gasteiger partial charge in [-0.1, -0.05) is 12.1 Å². The van der Waals surface area contributed by atoms with Gasteiger partial charge in [0.25, 0.3) is 11.8 Å². The van der Waals surface area contributed by atoms with Crippen molar-refractivity contribution in [1.29, 1.82) is 0 Å². The third kappa shape index (κ3) is 3.75. The molecule has 0 spiro atoms. The van der Waals surface area contributed by atoms with Crippen LogP contribution in [0.1, 0.15) is 33.0 Å². The molecule has 29 heavy (non-hydrogen) atoms. The Bertz CT molecular complexity index is 1060. The van der Waals surface area contributed by atoms with Crippen LogP contribution in [0.15, 0.2) is 52.9 Å². The quantitative estimate of drug-likeness (QED) is 0.643. The number of benzene rings is 2. The largest absolute Gasteiger partial charge is 0.419 e. The number of carbonyl (C=O) groups is 3. The van der Waals surface area contributed by atoms with Crippen molar-refractivity contribution in [2.24, 2.45) is 0 Å². The second kappa shape index (κ2) is 7.63. The summed E-state index contributed by atoms with van der Waals surface area (Å²) in [5, 5.41) is 10.3. The van der Waals surface area contributed by atoms with Gasteiger partial charge in [-0.25, -0.2) is 4.39 Å². The van der Waals surface area contributed by atoms with Gasteiger partial charge in [0.2, 0.25) is 17.7 Å². The molecule has 0 unspecified atom stereocenters. The standard InChI is InChI=1S/C20H15FN4O4/c21-13-7-5-12(6-8-13)18-24-23-17(29-18)11-22-16(26)9-10-25-19(27)14-3-1-2-4-15(14)20(25)28/h1-8H,9-11H2,(H,22,26). The van der Waals surface area contributed by atoms with E-state index in [0.29, 0.717) is 16.7 Å². The van der Waals surface area contributed by atoms with Gasteiger partial charge in [0.15, 0.2) is 0 Å². The van der Waals surface area contributed by atoms with Crippen molar-refractivity contribution in [1.82, 2.24) is 20.4 Å². The van der Waals surface area contributed by atoms with Gasteiger partial charge >= 0.3 is 0 Å². The normalized spacial score (nSPS) is 12.9. The summed E-state index contributed by atoms with van der Waals surface area (Å²) in [4.78, 5) is 37.7. The summed E-state index contributed by atoms with van der Waals surface area (Å²) in [6, 6.07) is 12.1. The van der Waals surface area contributed by atoms with E-state index < -0.39 is 11.8 Å². The van der Waals surface area contributed by atoms with Crippen molar-refractivity contribution in [2.75, 3.05) is 6.54 Å². The van der Waals surface area contributed by atoms with Crippen LogP contribution in [-0.4, -0.2) is 39.4 Å². The van der Waals surface area contributed by atoms with E-state index in [1.807, 2.05) is 0 Å². The third-order valence-electron chi connectivity index (χ3n) is 4.44. The van der Waals surface area contributed by atoms with Crippen molar-refractivity contribution in [3.05, 3.63) is 71.4 Å². The smallest absolute Gasteiger partial charge is 0.261 e. The lowest BCUT2D eigenvalue weighted by Gasteiger charge is -2.13. The maximum Gasteiger partial charge on any atom is 0.261 e. The SMILES string of the molecule is O=C(CCN1C(=O)c2ccccc2C1=O)NCc1nnc(-c2ccc(F)cc2)o1. The monoisotopic (exact) mass is 394 g/mol. The first-order valence-corrected chi connectivity index (χ1v) is 8.83. The van der Waals surface area contributed by atoms with Crippen molar-refractivity contribution >= 4 is 17.7 Å². The van der Waals surface area contributed by atoms with Crippen LogP contribution in [0, 0.1) is 5.82 Å². The fraction of sp³-hybridized carbons (Fsp3) is 0.150. The van der Waals surface area contributed by atoms with Crippen molar-refractivity contribution in [3.8, 4) is 11.5 Å². The molecule has 4 rings (SSSR count). The highest BCUT2D eigenvalue weighted by atomic mass is 19.1. The van der Waals surface area contributed by atoms with Gasteiger partial charge < -0.3 is 9.73 Å². The van der Waals surface area contributed by atoms with Crippen LogP contribution < -0.4 is 5.32 Å². The molecule has 0 bridgehead atoms. The molecular weight excluding hydrogens is 379 g/mol. The van der Waals surface area contributed by atoms with Crippen LogP contribution in [0.5, 0.6) is 0 Å². The van der Waals surface area contributed by atoms with E-state index in [-0.39, 0.29) is 43.0 Å². The Morgan fingerprint density at radius 3 is 2.31 bits per heavy atom. The number of aromatic nitrogens is 2. The Kier molecular flexibility index (Phi) is 4.86. The fourth-order valence-corrected chi connectivity index (χ4v) is 2.95. The minimum Gasteiger partial charge on any atom is -0.419 e. The lowest BCUT2D eigenvalue weighted by Crippen LogP contribution is -2.34. The molecule has 2 aromatic carbocycles. The molecule has 0 aliphatic carbocycles. The maximum absolute atomic E-state index is 13.0. The Balaban J connectivity index is 1.30. The van der Waals surface area contributed by atoms with E-state index in [2.05, 4.69) is 15.5 Å². The average molecular weight is 394 g/mol. The predicted octanol–water partition coefficient (Wildman–Crippen LogP) is 2.18. The molecule has 0 radical (unpaired) electrons. The number of hydrogen-bond acceptors (Lipinski definition) is 6. The van der Waals surface area contributed by atoms with Crippen LogP contribution in [0.3, 0.4) is 0 Å². The molecule has 9 heteroatoms. The topological polar surface area (TPSA) is 105 Å². The lowest BCUT2D eigenvalue weighted by atomic mass is 10.1. The molecule has 1 aromatic heterocycles. The molecular formula is C20H15FN4O4. The van der Waals surface area contributed by atoms with E-state index in [0.717, 1.165) is 4.90 Å². The van der Waals surface area contributed by atoms with Crippen LogP contribution in [0.25, 0.3) is 11.5 Å². The second-order valence-corrected chi connectivity index (χ2v) is 6.34. The zero-order valence-corrected chi connectivity index (χ0v) is 15.1. The van der Waals surface area contributed by atoms with Crippen LogP contribution in [-0.2, 0) is 11.3 Å². The molecule has 0 fully saturated rings. The number of halogens is 1. The number of nitrogens with zero attached hydrogens (tertiary/aromatic N) is 3. The van der Waals surface area contributed by atoms with Crippen molar-refractivity contribution in [2.45, 2.75) is 13.0 Å². The number of carbonyl (C=O) groups excluding carboxylic acids is 3. The van der Waals surface area contributed by atoms with Gasteiger partial charge in [-0.05, 0) is 36.4 Å². The van der Waals surface area contributed by atoms with Crippen LogP contribution in [0.2, 0.25) is 0 Å². The van der Waals surface area contributed by atoms with Gasteiger partial charge in [0.05, 0.1) is 17.7 Å². The molecule has 0 saturated carbocycles. The summed E-state index contributed by atoms with van der Waals surface area (Å²) >= 11 is 0. The van der Waals surface area contributed by atoms with Gasteiger partial charge in [-0.3, -0.25) is 19.3 Å². The van der Waals surface area contributed by atoms with E-state index in [4.69, 9.17) is 4.42 Å². The van der Waals surface area contributed by atoms with Crippen LogP contribution in [0.4, 0.5) is 4.39 Å². The molecule has 1 aliphatic rings. The molecule has 0 atom stereocenters. The number of fused-ring (bicyclic) bond motifs is 1. The second-order valence-electron chi connectivity index (χ2n) is 6.34. The first-order chi connectivity index (χ1) is 14.0. The lowest BCUT2D eigenvalue weighted by molar-refractivity contribution is -0.121. The summed E-state index contributed by atoms with van der Waals surface area (Å²) in [5.74, 6) is -1.17. The minimum atomic E-state index is -0.403. The Morgan fingerprint density at radius 1 is 1.00 bits per heavy atom. The molecule has 3 aromatic rings. The fourth-order valence-electron chi connectivity index (χ4n) is 2.95.